The normalized spacial score (nSPS) is 12.8. The van der Waals surface area contributed by atoms with Gasteiger partial charge < -0.3 is 10.2 Å². The average Bonchev–Trinajstić information content (AvgIpc) is 2.30. The molecule has 2 rings (SSSR count). The third-order valence-corrected chi connectivity index (χ3v) is 3.75. The number of aliphatic hydroxyl groups is 1. The lowest BCUT2D eigenvalue weighted by Gasteiger charge is -2.10. The fraction of sp³-hybridized carbons (Fsp3) is 0.308. The number of rotatable bonds is 4. The first-order chi connectivity index (χ1) is 8.20. The molecule has 0 aliphatic heterocycles. The first kappa shape index (κ1) is 12.2. The van der Waals surface area contributed by atoms with Crippen LogP contribution in [-0.2, 0) is 0 Å². The molecule has 0 saturated heterocycles. The SMILES string of the molecule is CC(CCO)Sc1nccc2ccc(O)cc12. The number of hydrogen-bond donors (Lipinski definition) is 2. The number of thioether (sulfide) groups is 1. The molecule has 90 valence electrons. The topological polar surface area (TPSA) is 53.4 Å². The summed E-state index contributed by atoms with van der Waals surface area (Å²) in [7, 11) is 0. The molecule has 0 aliphatic rings. The summed E-state index contributed by atoms with van der Waals surface area (Å²) in [6, 6.07) is 7.22. The van der Waals surface area contributed by atoms with Crippen molar-refractivity contribution in [1.29, 1.82) is 0 Å². The van der Waals surface area contributed by atoms with E-state index in [1.54, 1.807) is 30.1 Å². The second kappa shape index (κ2) is 5.38. The second-order valence-corrected chi connectivity index (χ2v) is 5.39. The lowest BCUT2D eigenvalue weighted by molar-refractivity contribution is 0.289. The molecule has 0 amide bonds. The Morgan fingerprint density at radius 3 is 2.94 bits per heavy atom. The zero-order valence-corrected chi connectivity index (χ0v) is 10.4. The predicted octanol–water partition coefficient (Wildman–Crippen LogP) is 2.80. The van der Waals surface area contributed by atoms with Crippen LogP contribution in [0.5, 0.6) is 5.75 Å². The fourth-order valence-corrected chi connectivity index (χ4v) is 2.68. The van der Waals surface area contributed by atoms with E-state index in [2.05, 4.69) is 11.9 Å². The Bertz CT molecular complexity index is 516. The number of phenols is 1. The van der Waals surface area contributed by atoms with Gasteiger partial charge in [-0.2, -0.15) is 0 Å². The van der Waals surface area contributed by atoms with Crippen LogP contribution in [0.25, 0.3) is 10.8 Å². The summed E-state index contributed by atoms with van der Waals surface area (Å²) < 4.78 is 0. The van der Waals surface area contributed by atoms with E-state index in [4.69, 9.17) is 5.11 Å². The maximum absolute atomic E-state index is 9.52. The number of nitrogens with zero attached hydrogens (tertiary/aromatic N) is 1. The highest BCUT2D eigenvalue weighted by molar-refractivity contribution is 8.00. The van der Waals surface area contributed by atoms with E-state index >= 15 is 0 Å². The molecule has 0 aliphatic carbocycles. The smallest absolute Gasteiger partial charge is 0.116 e. The van der Waals surface area contributed by atoms with Crippen LogP contribution in [0.2, 0.25) is 0 Å². The molecule has 2 aromatic rings. The molecule has 0 fully saturated rings. The van der Waals surface area contributed by atoms with Crippen LogP contribution in [0.1, 0.15) is 13.3 Å². The third kappa shape index (κ3) is 2.90. The van der Waals surface area contributed by atoms with Gasteiger partial charge in [0.1, 0.15) is 10.8 Å². The van der Waals surface area contributed by atoms with Crippen LogP contribution in [0.4, 0.5) is 0 Å². The van der Waals surface area contributed by atoms with E-state index in [0.29, 0.717) is 5.25 Å². The quantitative estimate of drug-likeness (QED) is 0.818. The molecule has 1 unspecified atom stereocenters. The highest BCUT2D eigenvalue weighted by Crippen LogP contribution is 2.31. The molecule has 2 N–H and O–H groups in total. The lowest BCUT2D eigenvalue weighted by Crippen LogP contribution is -2.00. The van der Waals surface area contributed by atoms with Gasteiger partial charge in [0.15, 0.2) is 0 Å². The average molecular weight is 249 g/mol. The van der Waals surface area contributed by atoms with Crippen molar-refractivity contribution in [2.45, 2.75) is 23.6 Å². The van der Waals surface area contributed by atoms with Crippen LogP contribution in [-0.4, -0.2) is 27.1 Å². The van der Waals surface area contributed by atoms with Gasteiger partial charge in [-0.3, -0.25) is 0 Å². The molecular weight excluding hydrogens is 234 g/mol. The van der Waals surface area contributed by atoms with Crippen molar-refractivity contribution in [2.24, 2.45) is 0 Å². The molecule has 1 aromatic carbocycles. The molecule has 3 nitrogen and oxygen atoms in total. The van der Waals surface area contributed by atoms with Crippen molar-refractivity contribution >= 4 is 22.5 Å². The Kier molecular flexibility index (Phi) is 3.86. The highest BCUT2D eigenvalue weighted by atomic mass is 32.2. The molecule has 0 spiro atoms. The van der Waals surface area contributed by atoms with Gasteiger partial charge in [0.25, 0.3) is 0 Å². The first-order valence-electron chi connectivity index (χ1n) is 5.56. The number of phenolic OH excluding ortho intramolecular Hbond substituents is 1. The Morgan fingerprint density at radius 1 is 1.35 bits per heavy atom. The minimum Gasteiger partial charge on any atom is -0.508 e. The van der Waals surface area contributed by atoms with Crippen LogP contribution < -0.4 is 0 Å². The zero-order valence-electron chi connectivity index (χ0n) is 9.63. The highest BCUT2D eigenvalue weighted by Gasteiger charge is 2.09. The third-order valence-electron chi connectivity index (χ3n) is 2.56. The molecule has 1 heterocycles. The van der Waals surface area contributed by atoms with Gasteiger partial charge in [-0.25, -0.2) is 4.98 Å². The summed E-state index contributed by atoms with van der Waals surface area (Å²) >= 11 is 1.62. The monoisotopic (exact) mass is 249 g/mol. The minimum atomic E-state index is 0.185. The Morgan fingerprint density at radius 2 is 2.18 bits per heavy atom. The molecule has 0 saturated carbocycles. The number of pyridine rings is 1. The second-order valence-electron chi connectivity index (χ2n) is 3.96. The van der Waals surface area contributed by atoms with Crippen LogP contribution in [0, 0.1) is 0 Å². The van der Waals surface area contributed by atoms with Gasteiger partial charge in [-0.1, -0.05) is 13.0 Å². The summed E-state index contributed by atoms with van der Waals surface area (Å²) in [5.41, 5.74) is 0. The minimum absolute atomic E-state index is 0.185. The zero-order chi connectivity index (χ0) is 12.3. The number of aromatic hydroxyl groups is 1. The van der Waals surface area contributed by atoms with Crippen molar-refractivity contribution in [2.75, 3.05) is 6.61 Å². The summed E-state index contributed by atoms with van der Waals surface area (Å²) in [5, 5.41) is 21.6. The van der Waals surface area contributed by atoms with E-state index < -0.39 is 0 Å². The lowest BCUT2D eigenvalue weighted by atomic mass is 10.2. The van der Waals surface area contributed by atoms with Gasteiger partial charge in [-0.05, 0) is 30.0 Å². The predicted molar refractivity (Wildman–Crippen MR) is 70.4 cm³/mol. The van der Waals surface area contributed by atoms with Crippen LogP contribution in [0.15, 0.2) is 35.5 Å². The van der Waals surface area contributed by atoms with Crippen molar-refractivity contribution in [1.82, 2.24) is 4.98 Å². The molecule has 0 radical (unpaired) electrons. The fourth-order valence-electron chi connectivity index (χ4n) is 1.65. The van der Waals surface area contributed by atoms with Gasteiger partial charge in [-0.15, -0.1) is 11.8 Å². The van der Waals surface area contributed by atoms with Crippen LogP contribution in [0.3, 0.4) is 0 Å². The molecule has 1 atom stereocenters. The van der Waals surface area contributed by atoms with E-state index in [0.717, 1.165) is 22.2 Å². The molecular formula is C13H15NO2S. The van der Waals surface area contributed by atoms with E-state index in [1.165, 1.54) is 0 Å². The molecule has 4 heteroatoms. The maximum atomic E-state index is 9.52. The maximum Gasteiger partial charge on any atom is 0.116 e. The number of benzene rings is 1. The Balaban J connectivity index is 2.36. The number of aromatic nitrogens is 1. The first-order valence-corrected chi connectivity index (χ1v) is 6.44. The van der Waals surface area contributed by atoms with Crippen molar-refractivity contribution in [3.63, 3.8) is 0 Å². The number of fused-ring (bicyclic) bond motifs is 1. The van der Waals surface area contributed by atoms with Gasteiger partial charge in [0.2, 0.25) is 0 Å². The molecule has 0 bridgehead atoms. The Hall–Kier alpha value is -1.26. The summed E-state index contributed by atoms with van der Waals surface area (Å²) in [5.74, 6) is 0.252. The number of hydrogen-bond acceptors (Lipinski definition) is 4. The van der Waals surface area contributed by atoms with Crippen molar-refractivity contribution in [3.05, 3.63) is 30.5 Å². The standard InChI is InChI=1S/C13H15NO2S/c1-9(5-7-15)17-13-12-8-11(16)3-2-10(12)4-6-14-13/h2-4,6,8-9,15-16H,5,7H2,1H3. The largest absolute Gasteiger partial charge is 0.508 e. The summed E-state index contributed by atoms with van der Waals surface area (Å²) in [6.07, 6.45) is 2.51. The van der Waals surface area contributed by atoms with Gasteiger partial charge in [0, 0.05) is 23.4 Å². The molecule has 1 aromatic heterocycles. The summed E-state index contributed by atoms with van der Waals surface area (Å²) in [6.45, 7) is 2.24. The van der Waals surface area contributed by atoms with E-state index in [1.807, 2.05) is 12.1 Å². The van der Waals surface area contributed by atoms with E-state index in [9.17, 15) is 5.11 Å². The van der Waals surface area contributed by atoms with Crippen molar-refractivity contribution in [3.8, 4) is 5.75 Å². The molecule has 17 heavy (non-hydrogen) atoms. The summed E-state index contributed by atoms with van der Waals surface area (Å²) in [4.78, 5) is 4.34. The number of aliphatic hydroxyl groups excluding tert-OH is 1. The van der Waals surface area contributed by atoms with Gasteiger partial charge >= 0.3 is 0 Å². The Labute approximate surface area is 105 Å². The van der Waals surface area contributed by atoms with Crippen molar-refractivity contribution < 1.29 is 10.2 Å². The van der Waals surface area contributed by atoms with Crippen LogP contribution >= 0.6 is 11.8 Å². The van der Waals surface area contributed by atoms with E-state index in [-0.39, 0.29) is 12.4 Å². The van der Waals surface area contributed by atoms with Gasteiger partial charge in [0.05, 0.1) is 0 Å².